The molecule has 2 aliphatic rings. The standard InChI is InChI=1S/C15H18N4O2S/c16-7-9-6-13(11(17)8-21-9)19-15(22)18-12-2-1-3-14-10(12)4-5-20-14/h1-3,9,11,13H,4-6,8,17H2,(H2,18,19,22)/t9-,11+,13-/m1/s1. The van der Waals surface area contributed by atoms with E-state index in [1.165, 1.54) is 0 Å². The van der Waals surface area contributed by atoms with Gasteiger partial charge < -0.3 is 25.8 Å². The molecule has 0 radical (unpaired) electrons. The number of nitrogens with zero attached hydrogens (tertiary/aromatic N) is 1. The third kappa shape index (κ3) is 3.14. The van der Waals surface area contributed by atoms with Gasteiger partial charge >= 0.3 is 0 Å². The van der Waals surface area contributed by atoms with E-state index in [2.05, 4.69) is 16.7 Å². The molecule has 116 valence electrons. The van der Waals surface area contributed by atoms with Crippen LogP contribution in [-0.2, 0) is 11.2 Å². The predicted molar refractivity (Wildman–Crippen MR) is 86.7 cm³/mol. The first kappa shape index (κ1) is 15.0. The first-order valence-electron chi connectivity index (χ1n) is 7.26. The first-order valence-corrected chi connectivity index (χ1v) is 7.67. The number of nitrogens with two attached hydrogens (primary N) is 1. The number of nitrogens with one attached hydrogen (secondary N) is 2. The zero-order chi connectivity index (χ0) is 15.5. The lowest BCUT2D eigenvalue weighted by atomic mass is 10.00. The third-order valence-electron chi connectivity index (χ3n) is 3.93. The molecule has 0 spiro atoms. The van der Waals surface area contributed by atoms with Crippen molar-refractivity contribution in [2.45, 2.75) is 31.0 Å². The summed E-state index contributed by atoms with van der Waals surface area (Å²) in [4.78, 5) is 0. The minimum Gasteiger partial charge on any atom is -0.493 e. The van der Waals surface area contributed by atoms with Crippen LogP contribution < -0.4 is 21.1 Å². The molecule has 1 fully saturated rings. The quantitative estimate of drug-likeness (QED) is 0.698. The van der Waals surface area contributed by atoms with Crippen LogP contribution in [0, 0.1) is 11.3 Å². The SMILES string of the molecule is N#C[C@H]1C[C@@H](NC(=S)Nc2cccc3c2CCO3)[C@@H](N)CO1. The van der Waals surface area contributed by atoms with Crippen LogP contribution in [0.5, 0.6) is 5.75 Å². The number of ether oxygens (including phenoxy) is 2. The number of fused-ring (bicyclic) bond motifs is 1. The van der Waals surface area contributed by atoms with Crippen LogP contribution in [0.15, 0.2) is 18.2 Å². The van der Waals surface area contributed by atoms with Gasteiger partial charge in [-0.2, -0.15) is 5.26 Å². The van der Waals surface area contributed by atoms with Crippen molar-refractivity contribution in [3.05, 3.63) is 23.8 Å². The molecule has 22 heavy (non-hydrogen) atoms. The summed E-state index contributed by atoms with van der Waals surface area (Å²) in [5.74, 6) is 0.903. The van der Waals surface area contributed by atoms with Gasteiger partial charge in [-0.15, -0.1) is 0 Å². The monoisotopic (exact) mass is 318 g/mol. The van der Waals surface area contributed by atoms with E-state index in [-0.39, 0.29) is 12.1 Å². The molecule has 7 heteroatoms. The highest BCUT2D eigenvalue weighted by Gasteiger charge is 2.29. The van der Waals surface area contributed by atoms with E-state index in [1.54, 1.807) is 0 Å². The van der Waals surface area contributed by atoms with E-state index in [9.17, 15) is 0 Å². The van der Waals surface area contributed by atoms with Crippen molar-refractivity contribution >= 4 is 23.0 Å². The molecule has 3 rings (SSSR count). The van der Waals surface area contributed by atoms with E-state index in [4.69, 9.17) is 32.7 Å². The summed E-state index contributed by atoms with van der Waals surface area (Å²) in [6.45, 7) is 1.05. The Hall–Kier alpha value is -1.88. The van der Waals surface area contributed by atoms with Gasteiger partial charge in [-0.3, -0.25) is 0 Å². The molecular weight excluding hydrogens is 300 g/mol. The number of hydrogen-bond acceptors (Lipinski definition) is 5. The molecular formula is C15H18N4O2S. The van der Waals surface area contributed by atoms with Gasteiger partial charge in [-0.25, -0.2) is 0 Å². The van der Waals surface area contributed by atoms with E-state index in [1.807, 2.05) is 18.2 Å². The molecule has 0 aliphatic carbocycles. The van der Waals surface area contributed by atoms with Crippen molar-refractivity contribution in [2.75, 3.05) is 18.5 Å². The Labute approximate surface area is 134 Å². The van der Waals surface area contributed by atoms with Crippen LogP contribution in [0.4, 0.5) is 5.69 Å². The summed E-state index contributed by atoms with van der Waals surface area (Å²) >= 11 is 5.37. The molecule has 0 bridgehead atoms. The highest BCUT2D eigenvalue weighted by Crippen LogP contribution is 2.31. The molecule has 0 aromatic heterocycles. The van der Waals surface area contributed by atoms with Gasteiger partial charge in [0.2, 0.25) is 0 Å². The minimum absolute atomic E-state index is 0.0774. The summed E-state index contributed by atoms with van der Waals surface area (Å²) in [5.41, 5.74) is 8.11. The van der Waals surface area contributed by atoms with Gasteiger partial charge in [0.1, 0.15) is 11.9 Å². The Morgan fingerprint density at radius 2 is 2.32 bits per heavy atom. The third-order valence-corrected chi connectivity index (χ3v) is 4.15. The Morgan fingerprint density at radius 3 is 3.14 bits per heavy atom. The minimum atomic E-state index is -0.436. The Kier molecular flexibility index (Phi) is 4.43. The second-order valence-corrected chi connectivity index (χ2v) is 5.84. The fraction of sp³-hybridized carbons (Fsp3) is 0.467. The maximum Gasteiger partial charge on any atom is 0.171 e. The maximum absolute atomic E-state index is 8.96. The summed E-state index contributed by atoms with van der Waals surface area (Å²) < 4.78 is 10.9. The van der Waals surface area contributed by atoms with Crippen molar-refractivity contribution in [3.8, 4) is 11.8 Å². The van der Waals surface area contributed by atoms with Crippen LogP contribution in [0.1, 0.15) is 12.0 Å². The second-order valence-electron chi connectivity index (χ2n) is 5.44. The van der Waals surface area contributed by atoms with Gasteiger partial charge in [0, 0.05) is 36.2 Å². The number of thiocarbonyl (C=S) groups is 1. The van der Waals surface area contributed by atoms with Gasteiger partial charge in [0.05, 0.1) is 19.3 Å². The summed E-state index contributed by atoms with van der Waals surface area (Å²) in [6.07, 6.45) is 0.957. The molecule has 3 atom stereocenters. The number of rotatable bonds is 2. The molecule has 1 aromatic carbocycles. The lowest BCUT2D eigenvalue weighted by Gasteiger charge is -2.32. The number of benzene rings is 1. The summed E-state index contributed by atoms with van der Waals surface area (Å²) in [6, 6.07) is 7.71. The summed E-state index contributed by atoms with van der Waals surface area (Å²) in [5, 5.41) is 15.9. The molecule has 0 amide bonds. The lowest BCUT2D eigenvalue weighted by Crippen LogP contribution is -2.55. The van der Waals surface area contributed by atoms with Crippen molar-refractivity contribution in [2.24, 2.45) is 5.73 Å². The average Bonchev–Trinajstić information content (AvgIpc) is 2.99. The lowest BCUT2D eigenvalue weighted by molar-refractivity contribution is 0.0253. The van der Waals surface area contributed by atoms with Crippen LogP contribution in [0.25, 0.3) is 0 Å². The van der Waals surface area contributed by atoms with Crippen molar-refractivity contribution in [1.82, 2.24) is 5.32 Å². The Bertz CT molecular complexity index is 616. The molecule has 6 nitrogen and oxygen atoms in total. The molecule has 0 saturated carbocycles. The predicted octanol–water partition coefficient (Wildman–Crippen LogP) is 0.916. The molecule has 0 unspecified atom stereocenters. The normalized spacial score (nSPS) is 26.5. The van der Waals surface area contributed by atoms with Crippen molar-refractivity contribution in [3.63, 3.8) is 0 Å². The average molecular weight is 318 g/mol. The van der Waals surface area contributed by atoms with E-state index < -0.39 is 6.10 Å². The number of anilines is 1. The van der Waals surface area contributed by atoms with Crippen LogP contribution >= 0.6 is 12.2 Å². The van der Waals surface area contributed by atoms with Gasteiger partial charge in [0.15, 0.2) is 5.11 Å². The highest BCUT2D eigenvalue weighted by molar-refractivity contribution is 7.80. The Balaban J connectivity index is 1.63. The van der Waals surface area contributed by atoms with Crippen molar-refractivity contribution < 1.29 is 9.47 Å². The van der Waals surface area contributed by atoms with Crippen LogP contribution in [-0.4, -0.2) is 36.5 Å². The fourth-order valence-corrected chi connectivity index (χ4v) is 3.00. The Morgan fingerprint density at radius 1 is 1.45 bits per heavy atom. The smallest absolute Gasteiger partial charge is 0.171 e. The molecule has 1 aromatic rings. The zero-order valence-electron chi connectivity index (χ0n) is 12.0. The molecule has 1 saturated heterocycles. The van der Waals surface area contributed by atoms with Gasteiger partial charge in [0.25, 0.3) is 0 Å². The molecule has 2 aliphatic heterocycles. The highest BCUT2D eigenvalue weighted by atomic mass is 32.1. The first-order chi connectivity index (χ1) is 10.7. The molecule has 2 heterocycles. The summed E-state index contributed by atoms with van der Waals surface area (Å²) in [7, 11) is 0. The van der Waals surface area contributed by atoms with E-state index >= 15 is 0 Å². The van der Waals surface area contributed by atoms with E-state index in [0.29, 0.717) is 24.7 Å². The topological polar surface area (TPSA) is 92.3 Å². The van der Waals surface area contributed by atoms with Crippen molar-refractivity contribution in [1.29, 1.82) is 5.26 Å². The number of nitriles is 1. The number of hydrogen-bond donors (Lipinski definition) is 3. The zero-order valence-corrected chi connectivity index (χ0v) is 12.9. The molecule has 4 N–H and O–H groups in total. The van der Waals surface area contributed by atoms with Crippen LogP contribution in [0.2, 0.25) is 0 Å². The van der Waals surface area contributed by atoms with Gasteiger partial charge in [-0.05, 0) is 24.4 Å². The van der Waals surface area contributed by atoms with E-state index in [0.717, 1.165) is 23.4 Å². The largest absolute Gasteiger partial charge is 0.493 e. The fourth-order valence-electron chi connectivity index (χ4n) is 2.74. The second kappa shape index (κ2) is 6.48. The van der Waals surface area contributed by atoms with Crippen LogP contribution in [0.3, 0.4) is 0 Å². The maximum atomic E-state index is 8.96. The van der Waals surface area contributed by atoms with Gasteiger partial charge in [-0.1, -0.05) is 6.07 Å².